The van der Waals surface area contributed by atoms with Crippen LogP contribution in [0.15, 0.2) is 54.6 Å². The Morgan fingerprint density at radius 3 is 2.56 bits per heavy atom. The number of thioether (sulfide) groups is 1. The highest BCUT2D eigenvalue weighted by atomic mass is 32.2. The second-order valence-electron chi connectivity index (χ2n) is 5.60. The molecule has 6 heteroatoms. The maximum absolute atomic E-state index is 11.6. The zero-order chi connectivity index (χ0) is 17.6. The Hall–Kier alpha value is -2.60. The van der Waals surface area contributed by atoms with Gasteiger partial charge >= 0.3 is 5.97 Å². The predicted octanol–water partition coefficient (Wildman–Crippen LogP) is 3.92. The lowest BCUT2D eigenvalue weighted by Gasteiger charge is -2.17. The standard InChI is InChI=1S/C19H19N3O2S/c1-25-12-11-16(19(23)24)21-18-14-9-5-6-10-15(14)20-17(22-18)13-7-3-2-4-8-13/h2-10,16H,11-12H2,1H3,(H,23,24)(H,20,21,22)/t16-/m0/s1. The van der Waals surface area contributed by atoms with Gasteiger partial charge in [-0.2, -0.15) is 11.8 Å². The zero-order valence-corrected chi connectivity index (χ0v) is 14.7. The van der Waals surface area contributed by atoms with Crippen LogP contribution >= 0.6 is 11.8 Å². The van der Waals surface area contributed by atoms with Crippen LogP contribution in [0.25, 0.3) is 22.3 Å². The number of nitrogens with zero attached hydrogens (tertiary/aromatic N) is 2. The van der Waals surface area contributed by atoms with Crippen molar-refractivity contribution < 1.29 is 9.90 Å². The number of carboxylic acid groups (broad SMARTS) is 1. The molecule has 3 rings (SSSR count). The highest BCUT2D eigenvalue weighted by molar-refractivity contribution is 7.98. The molecule has 0 saturated carbocycles. The van der Waals surface area contributed by atoms with Crippen LogP contribution in [0.4, 0.5) is 5.82 Å². The molecule has 0 fully saturated rings. The van der Waals surface area contributed by atoms with Crippen LogP contribution in [0.5, 0.6) is 0 Å². The second kappa shape index (κ2) is 7.98. The summed E-state index contributed by atoms with van der Waals surface area (Å²) < 4.78 is 0. The van der Waals surface area contributed by atoms with Crippen molar-refractivity contribution in [2.75, 3.05) is 17.3 Å². The first-order valence-corrected chi connectivity index (χ1v) is 9.39. The quantitative estimate of drug-likeness (QED) is 0.671. The lowest BCUT2D eigenvalue weighted by atomic mass is 10.1. The number of anilines is 1. The Kier molecular flexibility index (Phi) is 5.50. The molecule has 1 heterocycles. The Bertz CT molecular complexity index is 871. The van der Waals surface area contributed by atoms with Crippen LogP contribution in [0.1, 0.15) is 6.42 Å². The summed E-state index contributed by atoms with van der Waals surface area (Å²) >= 11 is 1.63. The molecule has 0 aliphatic carbocycles. The van der Waals surface area contributed by atoms with E-state index in [1.54, 1.807) is 11.8 Å². The number of benzene rings is 2. The number of rotatable bonds is 7. The van der Waals surface area contributed by atoms with Gasteiger partial charge in [0.25, 0.3) is 0 Å². The monoisotopic (exact) mass is 353 g/mol. The fraction of sp³-hybridized carbons (Fsp3) is 0.211. The van der Waals surface area contributed by atoms with Gasteiger partial charge in [-0.15, -0.1) is 0 Å². The molecule has 1 atom stereocenters. The summed E-state index contributed by atoms with van der Waals surface area (Å²) in [4.78, 5) is 20.8. The number of hydrogen-bond donors (Lipinski definition) is 2. The van der Waals surface area contributed by atoms with Crippen LogP contribution in [0, 0.1) is 0 Å². The van der Waals surface area contributed by atoms with Crippen LogP contribution < -0.4 is 5.32 Å². The molecule has 128 valence electrons. The second-order valence-corrected chi connectivity index (χ2v) is 6.58. The van der Waals surface area contributed by atoms with Gasteiger partial charge in [-0.1, -0.05) is 42.5 Å². The Balaban J connectivity index is 2.04. The molecule has 1 aromatic heterocycles. The van der Waals surface area contributed by atoms with Crippen molar-refractivity contribution in [3.8, 4) is 11.4 Å². The third-order valence-corrected chi connectivity index (χ3v) is 4.50. The molecule has 25 heavy (non-hydrogen) atoms. The van der Waals surface area contributed by atoms with E-state index in [1.807, 2.05) is 60.9 Å². The number of fused-ring (bicyclic) bond motifs is 1. The minimum atomic E-state index is -0.877. The summed E-state index contributed by atoms with van der Waals surface area (Å²) in [6.07, 6.45) is 2.49. The largest absolute Gasteiger partial charge is 0.480 e. The fourth-order valence-electron chi connectivity index (χ4n) is 2.56. The van der Waals surface area contributed by atoms with E-state index in [0.29, 0.717) is 18.1 Å². The van der Waals surface area contributed by atoms with Gasteiger partial charge in [-0.05, 0) is 30.6 Å². The lowest BCUT2D eigenvalue weighted by molar-refractivity contribution is -0.137. The number of carboxylic acids is 1. The number of hydrogen-bond acceptors (Lipinski definition) is 5. The smallest absolute Gasteiger partial charge is 0.326 e. The molecule has 0 amide bonds. The van der Waals surface area contributed by atoms with Gasteiger partial charge in [0.05, 0.1) is 5.52 Å². The maximum atomic E-state index is 11.6. The van der Waals surface area contributed by atoms with Crippen LogP contribution in [-0.4, -0.2) is 39.1 Å². The van der Waals surface area contributed by atoms with Gasteiger partial charge in [0.15, 0.2) is 5.82 Å². The third kappa shape index (κ3) is 4.09. The van der Waals surface area contributed by atoms with E-state index in [0.717, 1.165) is 22.2 Å². The van der Waals surface area contributed by atoms with Gasteiger partial charge in [-0.3, -0.25) is 0 Å². The first kappa shape index (κ1) is 17.2. The molecule has 2 aromatic carbocycles. The summed E-state index contributed by atoms with van der Waals surface area (Å²) in [5.41, 5.74) is 1.68. The van der Waals surface area contributed by atoms with E-state index in [1.165, 1.54) is 0 Å². The van der Waals surface area contributed by atoms with E-state index in [9.17, 15) is 9.90 Å². The average molecular weight is 353 g/mol. The van der Waals surface area contributed by atoms with Crippen molar-refractivity contribution >= 4 is 34.5 Å². The minimum absolute atomic E-state index is 0.523. The number of carbonyl (C=O) groups is 1. The first-order chi connectivity index (χ1) is 12.2. The van der Waals surface area contributed by atoms with E-state index < -0.39 is 12.0 Å². The highest BCUT2D eigenvalue weighted by Gasteiger charge is 2.19. The van der Waals surface area contributed by atoms with Gasteiger partial charge < -0.3 is 10.4 Å². The molecule has 2 N–H and O–H groups in total. The Morgan fingerprint density at radius 1 is 1.12 bits per heavy atom. The van der Waals surface area contributed by atoms with Crippen LogP contribution in [-0.2, 0) is 4.79 Å². The summed E-state index contributed by atoms with van der Waals surface area (Å²) in [7, 11) is 0. The maximum Gasteiger partial charge on any atom is 0.326 e. The van der Waals surface area contributed by atoms with Crippen molar-refractivity contribution in [1.82, 2.24) is 9.97 Å². The van der Waals surface area contributed by atoms with E-state index >= 15 is 0 Å². The van der Waals surface area contributed by atoms with Crippen molar-refractivity contribution in [2.24, 2.45) is 0 Å². The van der Waals surface area contributed by atoms with E-state index in [-0.39, 0.29) is 0 Å². The number of nitrogens with one attached hydrogen (secondary N) is 1. The SMILES string of the molecule is CSCC[C@H](Nc1nc(-c2ccccc2)nc2ccccc12)C(=O)O. The summed E-state index contributed by atoms with van der Waals surface area (Å²) in [6, 6.07) is 16.6. The number of para-hydroxylation sites is 1. The van der Waals surface area contributed by atoms with Crippen molar-refractivity contribution in [2.45, 2.75) is 12.5 Å². The lowest BCUT2D eigenvalue weighted by Crippen LogP contribution is -2.30. The normalized spacial score (nSPS) is 12.0. The highest BCUT2D eigenvalue weighted by Crippen LogP contribution is 2.25. The first-order valence-electron chi connectivity index (χ1n) is 7.99. The van der Waals surface area contributed by atoms with Gasteiger partial charge in [-0.25, -0.2) is 14.8 Å². The average Bonchev–Trinajstić information content (AvgIpc) is 2.65. The van der Waals surface area contributed by atoms with Crippen molar-refractivity contribution in [3.63, 3.8) is 0 Å². The van der Waals surface area contributed by atoms with E-state index in [2.05, 4.69) is 15.3 Å². The molecule has 0 bridgehead atoms. The molecule has 0 unspecified atom stereocenters. The van der Waals surface area contributed by atoms with Gasteiger partial charge in [0.1, 0.15) is 11.9 Å². The molecule has 5 nitrogen and oxygen atoms in total. The molecular formula is C19H19N3O2S. The topological polar surface area (TPSA) is 75.1 Å². The van der Waals surface area contributed by atoms with Crippen LogP contribution in [0.3, 0.4) is 0 Å². The molecule has 0 spiro atoms. The summed E-state index contributed by atoms with van der Waals surface area (Å²) in [5.74, 6) is 1.02. The fourth-order valence-corrected chi connectivity index (χ4v) is 3.03. The van der Waals surface area contributed by atoms with Crippen molar-refractivity contribution in [3.05, 3.63) is 54.6 Å². The van der Waals surface area contributed by atoms with Crippen LogP contribution in [0.2, 0.25) is 0 Å². The van der Waals surface area contributed by atoms with E-state index in [4.69, 9.17) is 0 Å². The van der Waals surface area contributed by atoms with Gasteiger partial charge in [0, 0.05) is 10.9 Å². The molecule has 0 aliphatic heterocycles. The molecule has 0 saturated heterocycles. The zero-order valence-electron chi connectivity index (χ0n) is 13.8. The molecule has 0 radical (unpaired) electrons. The number of aliphatic carboxylic acids is 1. The molecular weight excluding hydrogens is 334 g/mol. The minimum Gasteiger partial charge on any atom is -0.480 e. The predicted molar refractivity (Wildman–Crippen MR) is 103 cm³/mol. The number of aromatic nitrogens is 2. The summed E-state index contributed by atoms with van der Waals surface area (Å²) in [5, 5.41) is 13.4. The van der Waals surface area contributed by atoms with Gasteiger partial charge in [0.2, 0.25) is 0 Å². The molecule has 0 aliphatic rings. The van der Waals surface area contributed by atoms with Crippen molar-refractivity contribution in [1.29, 1.82) is 0 Å². The third-order valence-electron chi connectivity index (χ3n) is 3.85. The Labute approximate surface area is 150 Å². The Morgan fingerprint density at radius 2 is 1.84 bits per heavy atom. The molecule has 3 aromatic rings. The summed E-state index contributed by atoms with van der Waals surface area (Å²) in [6.45, 7) is 0.